The van der Waals surface area contributed by atoms with E-state index >= 15 is 0 Å². The van der Waals surface area contributed by atoms with Crippen molar-refractivity contribution in [3.05, 3.63) is 114 Å². The average molecular weight is 694 g/mol. The Labute approximate surface area is 281 Å². The third kappa shape index (κ3) is 6.79. The van der Waals surface area contributed by atoms with Crippen molar-refractivity contribution in [2.75, 3.05) is 10.7 Å². The van der Waals surface area contributed by atoms with Crippen LogP contribution in [0, 0.1) is 5.82 Å². The number of nitrogens with zero attached hydrogens (tertiary/aromatic N) is 1. The molecule has 6 N–H and O–H groups in total. The number of rotatable bonds is 10. The lowest BCUT2D eigenvalue weighted by Gasteiger charge is -2.47. The van der Waals surface area contributed by atoms with Gasteiger partial charge in [-0.3, -0.25) is 9.00 Å². The molecule has 2 aliphatic rings. The zero-order valence-electron chi connectivity index (χ0n) is 25.5. The minimum Gasteiger partial charge on any atom is -0.508 e. The monoisotopic (exact) mass is 693 g/mol. The number of benzene rings is 4. The normalized spacial score (nSPS) is 26.5. The third-order valence-corrected chi connectivity index (χ3v) is 10.2. The number of aliphatic hydroxyl groups excluding tert-OH is 3. The molecule has 14 heteroatoms. The van der Waals surface area contributed by atoms with Crippen LogP contribution in [0.1, 0.15) is 23.3 Å². The first-order valence-electron chi connectivity index (χ1n) is 15.2. The number of aliphatic hydroxyl groups is 3. The smallest absolute Gasteiger partial charge is 0.335 e. The van der Waals surface area contributed by atoms with Crippen molar-refractivity contribution < 1.29 is 58.3 Å². The van der Waals surface area contributed by atoms with Crippen molar-refractivity contribution in [2.45, 2.75) is 48.1 Å². The number of carboxylic acid groups (broad SMARTS) is 1. The number of amides is 1. The summed E-state index contributed by atoms with van der Waals surface area (Å²) in [6.07, 6.45) is -11.0. The fourth-order valence-electron chi connectivity index (χ4n) is 6.03. The number of aromatic hydroxyl groups is 2. The number of para-hydroxylation sites is 1. The zero-order valence-corrected chi connectivity index (χ0v) is 26.3. The standard InChI is InChI=1S/C35H32FNO11S/c36-21-12-9-18(10-13-21)26(47-35-30(42)28(40)29(41)31(48-35)34(44)45)17-49(46)32-27(37(33(32)43)22-6-2-1-3-7-22)24-14-11-20(16-25(24)39)19-5-4-8-23(38)15-19/h1-16,26-32,35,38-42H,17H2,(H,44,45)/t26-,27+,28-,29-,30?,31?,32+,35+,49?/m0/s1. The fourth-order valence-corrected chi connectivity index (χ4v) is 7.70. The Morgan fingerprint density at radius 3 is 2.22 bits per heavy atom. The van der Waals surface area contributed by atoms with Crippen LogP contribution < -0.4 is 4.90 Å². The molecule has 0 spiro atoms. The van der Waals surface area contributed by atoms with Crippen molar-refractivity contribution in [2.24, 2.45) is 0 Å². The van der Waals surface area contributed by atoms with E-state index in [2.05, 4.69) is 0 Å². The van der Waals surface area contributed by atoms with Gasteiger partial charge in [0.1, 0.15) is 40.9 Å². The molecule has 2 heterocycles. The Balaban J connectivity index is 1.33. The summed E-state index contributed by atoms with van der Waals surface area (Å²) < 4.78 is 39.2. The van der Waals surface area contributed by atoms with Crippen molar-refractivity contribution >= 4 is 28.4 Å². The van der Waals surface area contributed by atoms with E-state index in [1.54, 1.807) is 54.6 Å². The maximum absolute atomic E-state index is 14.2. The predicted molar refractivity (Wildman–Crippen MR) is 173 cm³/mol. The first kappa shape index (κ1) is 34.2. The number of hydrogen-bond acceptors (Lipinski definition) is 10. The van der Waals surface area contributed by atoms with Crippen LogP contribution in [0.25, 0.3) is 11.1 Å². The highest BCUT2D eigenvalue weighted by Gasteiger charge is 2.54. The second kappa shape index (κ2) is 14.0. The Morgan fingerprint density at radius 2 is 1.57 bits per heavy atom. The van der Waals surface area contributed by atoms with Gasteiger partial charge in [0.15, 0.2) is 12.4 Å². The van der Waals surface area contributed by atoms with E-state index in [1.807, 2.05) is 0 Å². The van der Waals surface area contributed by atoms with Crippen molar-refractivity contribution in [1.29, 1.82) is 0 Å². The molecule has 3 unspecified atom stereocenters. The molecule has 9 atom stereocenters. The first-order valence-corrected chi connectivity index (χ1v) is 16.5. The second-order valence-electron chi connectivity index (χ2n) is 11.7. The molecule has 4 aromatic rings. The topological polar surface area (TPSA) is 194 Å². The number of aliphatic carboxylic acids is 1. The fraction of sp³-hybridized carbons (Fsp3) is 0.257. The molecule has 49 heavy (non-hydrogen) atoms. The molecule has 2 aliphatic heterocycles. The van der Waals surface area contributed by atoms with Gasteiger partial charge in [0, 0.05) is 22.1 Å². The molecule has 0 radical (unpaired) electrons. The number of carbonyl (C=O) groups is 2. The molecule has 4 aromatic carbocycles. The highest BCUT2D eigenvalue weighted by molar-refractivity contribution is 7.86. The van der Waals surface area contributed by atoms with E-state index < -0.39 is 82.3 Å². The first-order chi connectivity index (χ1) is 23.4. The lowest BCUT2D eigenvalue weighted by atomic mass is 9.90. The van der Waals surface area contributed by atoms with E-state index in [9.17, 15) is 48.8 Å². The average Bonchev–Trinajstić information content (AvgIpc) is 3.08. The summed E-state index contributed by atoms with van der Waals surface area (Å²) in [6, 6.07) is 23.7. The number of phenolic OH excluding ortho intramolecular Hbond substituents is 2. The van der Waals surface area contributed by atoms with Gasteiger partial charge < -0.3 is 45.0 Å². The van der Waals surface area contributed by atoms with Crippen LogP contribution in [-0.4, -0.2) is 88.4 Å². The van der Waals surface area contributed by atoms with Gasteiger partial charge in [0.2, 0.25) is 5.91 Å². The molecule has 2 fully saturated rings. The molecular weight excluding hydrogens is 661 g/mol. The van der Waals surface area contributed by atoms with E-state index in [4.69, 9.17) is 9.47 Å². The van der Waals surface area contributed by atoms with Crippen LogP contribution >= 0.6 is 0 Å². The van der Waals surface area contributed by atoms with Gasteiger partial charge in [-0.05, 0) is 59.2 Å². The Kier molecular flexibility index (Phi) is 9.79. The van der Waals surface area contributed by atoms with Gasteiger partial charge in [0.25, 0.3) is 0 Å². The molecular formula is C35H32FNO11S. The van der Waals surface area contributed by atoms with Crippen LogP contribution in [0.5, 0.6) is 11.5 Å². The summed E-state index contributed by atoms with van der Waals surface area (Å²) in [6.45, 7) is 0. The lowest BCUT2D eigenvalue weighted by molar-refractivity contribution is -0.303. The number of hydrogen-bond donors (Lipinski definition) is 6. The van der Waals surface area contributed by atoms with Crippen LogP contribution in [-0.2, 0) is 29.9 Å². The highest BCUT2D eigenvalue weighted by Crippen LogP contribution is 2.46. The number of carbonyl (C=O) groups excluding carboxylic acids is 1. The molecule has 256 valence electrons. The van der Waals surface area contributed by atoms with Gasteiger partial charge >= 0.3 is 5.97 Å². The van der Waals surface area contributed by atoms with E-state index in [1.165, 1.54) is 35.2 Å². The summed E-state index contributed by atoms with van der Waals surface area (Å²) in [7, 11) is -2.09. The van der Waals surface area contributed by atoms with Crippen LogP contribution in [0.4, 0.5) is 10.1 Å². The van der Waals surface area contributed by atoms with Gasteiger partial charge in [-0.2, -0.15) is 0 Å². The third-order valence-electron chi connectivity index (χ3n) is 8.56. The molecule has 0 saturated carbocycles. The number of carboxylic acids is 1. The summed E-state index contributed by atoms with van der Waals surface area (Å²) in [5.41, 5.74) is 2.21. The number of phenols is 2. The van der Waals surface area contributed by atoms with Gasteiger partial charge in [-0.1, -0.05) is 54.6 Å². The maximum Gasteiger partial charge on any atom is 0.335 e. The van der Waals surface area contributed by atoms with E-state index in [-0.39, 0.29) is 22.6 Å². The van der Waals surface area contributed by atoms with Gasteiger partial charge in [0.05, 0.1) is 17.9 Å². The molecule has 0 aromatic heterocycles. The molecule has 1 amide bonds. The molecule has 0 bridgehead atoms. The zero-order chi connectivity index (χ0) is 35.0. The number of anilines is 1. The largest absolute Gasteiger partial charge is 0.508 e. The van der Waals surface area contributed by atoms with E-state index in [0.717, 1.165) is 12.1 Å². The van der Waals surface area contributed by atoms with Crippen molar-refractivity contribution in [1.82, 2.24) is 0 Å². The lowest BCUT2D eigenvalue weighted by Crippen LogP contribution is -2.62. The summed E-state index contributed by atoms with van der Waals surface area (Å²) in [4.78, 5) is 26.8. The molecule has 0 aliphatic carbocycles. The summed E-state index contributed by atoms with van der Waals surface area (Å²) in [5, 5.41) is 60.5. The number of β-lactam (4-membered cyclic amide) rings is 1. The summed E-state index contributed by atoms with van der Waals surface area (Å²) in [5.74, 6) is -3.36. The predicted octanol–water partition coefficient (Wildman–Crippen LogP) is 2.76. The second-order valence-corrected chi connectivity index (χ2v) is 13.3. The van der Waals surface area contributed by atoms with Crippen molar-refractivity contribution in [3.8, 4) is 22.6 Å². The summed E-state index contributed by atoms with van der Waals surface area (Å²) >= 11 is 0. The number of ether oxygens (including phenoxy) is 2. The maximum atomic E-state index is 14.2. The van der Waals surface area contributed by atoms with Crippen molar-refractivity contribution in [3.63, 3.8) is 0 Å². The molecule has 12 nitrogen and oxygen atoms in total. The van der Waals surface area contributed by atoms with Gasteiger partial charge in [-0.15, -0.1) is 0 Å². The van der Waals surface area contributed by atoms with Crippen LogP contribution in [0.2, 0.25) is 0 Å². The van der Waals surface area contributed by atoms with Crippen LogP contribution in [0.15, 0.2) is 97.1 Å². The Hall–Kier alpha value is -4.70. The minimum absolute atomic E-state index is 0.0320. The highest BCUT2D eigenvalue weighted by atomic mass is 32.2. The minimum atomic E-state index is -2.09. The molecule has 6 rings (SSSR count). The Morgan fingerprint density at radius 1 is 0.878 bits per heavy atom. The number of halogens is 1. The quantitative estimate of drug-likeness (QED) is 0.134. The Bertz CT molecular complexity index is 1860. The van der Waals surface area contributed by atoms with Gasteiger partial charge in [-0.25, -0.2) is 9.18 Å². The SMILES string of the molecule is O=C(O)C1O[C@@H](O[C@@H](CS(=O)[C@H]2C(=O)N(c3ccccc3)[C@@H]2c2ccc(-c3cccc(O)c3)cc2O)c2ccc(F)cc2)C(O)[C@@H](O)[C@@H]1O. The molecule has 2 saturated heterocycles. The van der Waals surface area contributed by atoms with Crippen LogP contribution in [0.3, 0.4) is 0 Å². The van der Waals surface area contributed by atoms with E-state index in [0.29, 0.717) is 16.8 Å².